The zero-order valence-corrected chi connectivity index (χ0v) is 9.76. The van der Waals surface area contributed by atoms with Crippen LogP contribution in [0.1, 0.15) is 47.0 Å². The summed E-state index contributed by atoms with van der Waals surface area (Å²) in [4.78, 5) is 11.7. The lowest BCUT2D eigenvalue weighted by Crippen LogP contribution is -2.46. The van der Waals surface area contributed by atoms with E-state index in [1.54, 1.807) is 0 Å². The van der Waals surface area contributed by atoms with Crippen molar-refractivity contribution in [1.82, 2.24) is 5.32 Å². The third kappa shape index (κ3) is 4.61. The van der Waals surface area contributed by atoms with Gasteiger partial charge in [0.05, 0.1) is 0 Å². The molecule has 0 fully saturated rings. The van der Waals surface area contributed by atoms with Gasteiger partial charge >= 0.3 is 0 Å². The van der Waals surface area contributed by atoms with Crippen molar-refractivity contribution < 1.29 is 9.90 Å². The second-order valence-electron chi connectivity index (χ2n) is 4.36. The zero-order valence-electron chi connectivity index (χ0n) is 9.76. The van der Waals surface area contributed by atoms with E-state index >= 15 is 0 Å². The molecule has 0 radical (unpaired) electrons. The van der Waals surface area contributed by atoms with Crippen LogP contribution in [0.3, 0.4) is 0 Å². The summed E-state index contributed by atoms with van der Waals surface area (Å²) in [6.45, 7) is 8.02. The van der Waals surface area contributed by atoms with Gasteiger partial charge in [0.1, 0.15) is 0 Å². The number of hydrogen-bond donors (Lipinski definition) is 2. The quantitative estimate of drug-likeness (QED) is 0.687. The fourth-order valence-electron chi connectivity index (χ4n) is 1.44. The van der Waals surface area contributed by atoms with Gasteiger partial charge in [-0.1, -0.05) is 13.8 Å². The Labute approximate surface area is 86.9 Å². The van der Waals surface area contributed by atoms with E-state index in [9.17, 15) is 4.79 Å². The van der Waals surface area contributed by atoms with Gasteiger partial charge in [-0.2, -0.15) is 0 Å². The lowest BCUT2D eigenvalue weighted by Gasteiger charge is -2.27. The standard InChI is InChI=1S/C11H23NO2/c1-5-9(6-2)10(14)12-11(3,4)7-8-13/h9,13H,5-8H2,1-4H3,(H,12,14). The van der Waals surface area contributed by atoms with Gasteiger partial charge in [-0.25, -0.2) is 0 Å². The van der Waals surface area contributed by atoms with E-state index in [0.29, 0.717) is 6.42 Å². The van der Waals surface area contributed by atoms with Crippen molar-refractivity contribution in [2.24, 2.45) is 5.92 Å². The molecule has 1 amide bonds. The Bertz CT molecular complexity index is 174. The summed E-state index contributed by atoms with van der Waals surface area (Å²) in [5, 5.41) is 11.8. The smallest absolute Gasteiger partial charge is 0.223 e. The van der Waals surface area contributed by atoms with Gasteiger partial charge < -0.3 is 10.4 Å². The summed E-state index contributed by atoms with van der Waals surface area (Å²) >= 11 is 0. The van der Waals surface area contributed by atoms with Crippen molar-refractivity contribution in [3.8, 4) is 0 Å². The van der Waals surface area contributed by atoms with Crippen LogP contribution in [0.4, 0.5) is 0 Å². The van der Waals surface area contributed by atoms with E-state index in [0.717, 1.165) is 12.8 Å². The number of rotatable bonds is 6. The molecule has 0 heterocycles. The van der Waals surface area contributed by atoms with Crippen molar-refractivity contribution in [3.05, 3.63) is 0 Å². The third-order valence-electron chi connectivity index (χ3n) is 2.55. The molecule has 0 bridgehead atoms. The van der Waals surface area contributed by atoms with Crippen LogP contribution in [0.15, 0.2) is 0 Å². The average Bonchev–Trinajstić information content (AvgIpc) is 2.04. The van der Waals surface area contributed by atoms with E-state index in [-0.39, 0.29) is 24.0 Å². The van der Waals surface area contributed by atoms with E-state index in [1.807, 2.05) is 27.7 Å². The van der Waals surface area contributed by atoms with Crippen LogP contribution in [-0.4, -0.2) is 23.2 Å². The van der Waals surface area contributed by atoms with Gasteiger partial charge in [0.25, 0.3) is 0 Å². The molecule has 0 spiro atoms. The maximum Gasteiger partial charge on any atom is 0.223 e. The summed E-state index contributed by atoms with van der Waals surface area (Å²) < 4.78 is 0. The highest BCUT2D eigenvalue weighted by atomic mass is 16.3. The predicted octanol–water partition coefficient (Wildman–Crippen LogP) is 1.70. The third-order valence-corrected chi connectivity index (χ3v) is 2.55. The van der Waals surface area contributed by atoms with E-state index in [2.05, 4.69) is 5.32 Å². The molecule has 0 aliphatic heterocycles. The minimum Gasteiger partial charge on any atom is -0.396 e. The lowest BCUT2D eigenvalue weighted by atomic mass is 9.97. The summed E-state index contributed by atoms with van der Waals surface area (Å²) in [5.74, 6) is 0.210. The fraction of sp³-hybridized carbons (Fsp3) is 0.909. The second-order valence-corrected chi connectivity index (χ2v) is 4.36. The van der Waals surface area contributed by atoms with Crippen molar-refractivity contribution in [1.29, 1.82) is 0 Å². The topological polar surface area (TPSA) is 49.3 Å². The van der Waals surface area contributed by atoms with Crippen LogP contribution in [0.25, 0.3) is 0 Å². The molecule has 3 heteroatoms. The molecule has 0 unspecified atom stereocenters. The maximum atomic E-state index is 11.7. The van der Waals surface area contributed by atoms with Gasteiger partial charge in [0, 0.05) is 18.1 Å². The number of carbonyl (C=O) groups excluding carboxylic acids is 1. The molecule has 0 aromatic heterocycles. The molecule has 14 heavy (non-hydrogen) atoms. The summed E-state index contributed by atoms with van der Waals surface area (Å²) in [5.41, 5.74) is -0.297. The van der Waals surface area contributed by atoms with Gasteiger partial charge in [0.15, 0.2) is 0 Å². The molecule has 2 N–H and O–H groups in total. The van der Waals surface area contributed by atoms with Crippen LogP contribution in [-0.2, 0) is 4.79 Å². The van der Waals surface area contributed by atoms with Crippen LogP contribution < -0.4 is 5.32 Å². The minimum atomic E-state index is -0.297. The molecule has 0 rings (SSSR count). The Morgan fingerprint density at radius 2 is 1.86 bits per heavy atom. The number of hydrogen-bond acceptors (Lipinski definition) is 2. The van der Waals surface area contributed by atoms with Gasteiger partial charge in [0.2, 0.25) is 5.91 Å². The van der Waals surface area contributed by atoms with Gasteiger partial charge in [-0.05, 0) is 33.1 Å². The highest BCUT2D eigenvalue weighted by Gasteiger charge is 2.23. The molecule has 3 nitrogen and oxygen atoms in total. The Kier molecular flexibility index (Phi) is 5.77. The van der Waals surface area contributed by atoms with Gasteiger partial charge in [-0.3, -0.25) is 4.79 Å². The van der Waals surface area contributed by atoms with Crippen LogP contribution in [0, 0.1) is 5.92 Å². The highest BCUT2D eigenvalue weighted by Crippen LogP contribution is 2.12. The van der Waals surface area contributed by atoms with Crippen LogP contribution in [0.2, 0.25) is 0 Å². The SMILES string of the molecule is CCC(CC)C(=O)NC(C)(C)CCO. The largest absolute Gasteiger partial charge is 0.396 e. The Morgan fingerprint density at radius 1 is 1.36 bits per heavy atom. The molecule has 0 atom stereocenters. The van der Waals surface area contributed by atoms with Crippen molar-refractivity contribution >= 4 is 5.91 Å². The number of carbonyl (C=O) groups is 1. The Hall–Kier alpha value is -0.570. The first-order chi connectivity index (χ1) is 6.46. The van der Waals surface area contributed by atoms with E-state index < -0.39 is 0 Å². The van der Waals surface area contributed by atoms with Crippen molar-refractivity contribution in [2.75, 3.05) is 6.61 Å². The molecular formula is C11H23NO2. The monoisotopic (exact) mass is 201 g/mol. The average molecular weight is 201 g/mol. The molecule has 0 aromatic rings. The Balaban J connectivity index is 4.15. The molecule has 0 saturated carbocycles. The summed E-state index contributed by atoms with van der Waals surface area (Å²) in [7, 11) is 0. The second kappa shape index (κ2) is 6.02. The van der Waals surface area contributed by atoms with E-state index in [4.69, 9.17) is 5.11 Å². The number of nitrogens with one attached hydrogen (secondary N) is 1. The number of aliphatic hydroxyl groups excluding tert-OH is 1. The van der Waals surface area contributed by atoms with Gasteiger partial charge in [-0.15, -0.1) is 0 Å². The normalized spacial score (nSPS) is 11.9. The van der Waals surface area contributed by atoms with Crippen LogP contribution in [0.5, 0.6) is 0 Å². The predicted molar refractivity (Wildman–Crippen MR) is 58.0 cm³/mol. The zero-order chi connectivity index (χ0) is 11.2. The van der Waals surface area contributed by atoms with Crippen molar-refractivity contribution in [2.45, 2.75) is 52.5 Å². The molecule has 0 saturated heterocycles. The minimum absolute atomic E-state index is 0.105. The van der Waals surface area contributed by atoms with Crippen molar-refractivity contribution in [3.63, 3.8) is 0 Å². The number of amides is 1. The Morgan fingerprint density at radius 3 is 2.21 bits per heavy atom. The molecule has 0 aliphatic carbocycles. The maximum absolute atomic E-state index is 11.7. The molecule has 0 aliphatic rings. The first-order valence-electron chi connectivity index (χ1n) is 5.39. The summed E-state index contributed by atoms with van der Waals surface area (Å²) in [6.07, 6.45) is 2.34. The van der Waals surface area contributed by atoms with Crippen LogP contribution >= 0.6 is 0 Å². The first-order valence-corrected chi connectivity index (χ1v) is 5.39. The first kappa shape index (κ1) is 13.4. The lowest BCUT2D eigenvalue weighted by molar-refractivity contribution is -0.127. The fourth-order valence-corrected chi connectivity index (χ4v) is 1.44. The molecule has 0 aromatic carbocycles. The summed E-state index contributed by atoms with van der Waals surface area (Å²) in [6, 6.07) is 0. The number of aliphatic hydroxyl groups is 1. The van der Waals surface area contributed by atoms with E-state index in [1.165, 1.54) is 0 Å². The molecule has 84 valence electrons. The highest BCUT2D eigenvalue weighted by molar-refractivity contribution is 5.79. The molecular weight excluding hydrogens is 178 g/mol.